The Bertz CT molecular complexity index is 377. The Morgan fingerprint density at radius 2 is 1.16 bits per heavy atom. The van der Waals surface area contributed by atoms with E-state index in [0.717, 1.165) is 13.1 Å². The van der Waals surface area contributed by atoms with Crippen molar-refractivity contribution in [3.8, 4) is 0 Å². The quantitative estimate of drug-likeness (QED) is 0.811. The van der Waals surface area contributed by atoms with Crippen LogP contribution in [0.1, 0.15) is 51.4 Å². The predicted octanol–water partition coefficient (Wildman–Crippen LogP) is 3.17. The fourth-order valence-corrected chi connectivity index (χ4v) is 4.81. The molecule has 0 aromatic rings. The fourth-order valence-electron chi connectivity index (χ4n) is 4.81. The summed E-state index contributed by atoms with van der Waals surface area (Å²) in [5.74, 6) is 0. The molecule has 0 aliphatic heterocycles. The first kappa shape index (κ1) is 13.4. The van der Waals surface area contributed by atoms with E-state index >= 15 is 0 Å². The van der Waals surface area contributed by atoms with Crippen LogP contribution < -0.4 is 10.6 Å². The molecule has 0 atom stereocenters. The van der Waals surface area contributed by atoms with Crippen molar-refractivity contribution < 1.29 is 0 Å². The molecule has 2 heteroatoms. The van der Waals surface area contributed by atoms with E-state index in [2.05, 4.69) is 24.7 Å². The first-order valence-electron chi connectivity index (χ1n) is 8.08. The van der Waals surface area contributed by atoms with Gasteiger partial charge in [0.1, 0.15) is 0 Å². The molecular formula is C17H28N2. The Morgan fingerprint density at radius 3 is 1.58 bits per heavy atom. The molecule has 0 aromatic carbocycles. The molecule has 0 amide bonds. The van der Waals surface area contributed by atoms with Crippen molar-refractivity contribution in [1.82, 2.24) is 10.6 Å². The van der Waals surface area contributed by atoms with Gasteiger partial charge in [-0.2, -0.15) is 0 Å². The van der Waals surface area contributed by atoms with Gasteiger partial charge in [0.15, 0.2) is 0 Å². The van der Waals surface area contributed by atoms with Crippen LogP contribution in [0.25, 0.3) is 0 Å². The summed E-state index contributed by atoms with van der Waals surface area (Å²) in [7, 11) is 4.23. The third-order valence-corrected chi connectivity index (χ3v) is 5.41. The number of allylic oxidation sites excluding steroid dienone is 2. The number of rotatable bonds is 4. The van der Waals surface area contributed by atoms with E-state index in [1.807, 2.05) is 0 Å². The second-order valence-electron chi connectivity index (χ2n) is 6.47. The van der Waals surface area contributed by atoms with Crippen molar-refractivity contribution >= 4 is 0 Å². The van der Waals surface area contributed by atoms with Gasteiger partial charge in [0.2, 0.25) is 0 Å². The van der Waals surface area contributed by atoms with Crippen LogP contribution in [0.5, 0.6) is 0 Å². The Balaban J connectivity index is 2.08. The lowest BCUT2D eigenvalue weighted by molar-refractivity contribution is 0.363. The monoisotopic (exact) mass is 260 g/mol. The highest BCUT2D eigenvalue weighted by Crippen LogP contribution is 2.55. The van der Waals surface area contributed by atoms with Crippen LogP contribution in [0.2, 0.25) is 0 Å². The summed E-state index contributed by atoms with van der Waals surface area (Å²) in [6.45, 7) is 2.23. The Labute approximate surface area is 117 Å². The molecule has 3 aliphatic carbocycles. The van der Waals surface area contributed by atoms with Crippen molar-refractivity contribution in [2.75, 3.05) is 27.2 Å². The van der Waals surface area contributed by atoms with Gasteiger partial charge >= 0.3 is 0 Å². The summed E-state index contributed by atoms with van der Waals surface area (Å²) < 4.78 is 0. The molecule has 2 N–H and O–H groups in total. The van der Waals surface area contributed by atoms with E-state index < -0.39 is 0 Å². The minimum absolute atomic E-state index is 0.314. The number of hydrogen-bond acceptors (Lipinski definition) is 2. The minimum Gasteiger partial charge on any atom is -0.319 e. The maximum absolute atomic E-state index is 3.49. The smallest absolute Gasteiger partial charge is 0.0381 e. The average molecular weight is 260 g/mol. The lowest BCUT2D eigenvalue weighted by atomic mass is 9.71. The predicted molar refractivity (Wildman–Crippen MR) is 81.3 cm³/mol. The van der Waals surface area contributed by atoms with Gasteiger partial charge in [-0.15, -0.1) is 0 Å². The minimum atomic E-state index is 0.314. The lowest BCUT2D eigenvalue weighted by Gasteiger charge is -2.38. The molecule has 0 bridgehead atoms. The molecule has 0 saturated carbocycles. The highest BCUT2D eigenvalue weighted by Gasteiger charge is 2.46. The second kappa shape index (κ2) is 5.41. The van der Waals surface area contributed by atoms with Crippen molar-refractivity contribution in [1.29, 1.82) is 0 Å². The zero-order valence-corrected chi connectivity index (χ0v) is 12.6. The van der Waals surface area contributed by atoms with Crippen LogP contribution in [-0.2, 0) is 0 Å². The number of fused-ring (bicyclic) bond motifs is 1. The van der Waals surface area contributed by atoms with Gasteiger partial charge in [-0.3, -0.25) is 0 Å². The van der Waals surface area contributed by atoms with Crippen LogP contribution >= 0.6 is 0 Å². The molecule has 19 heavy (non-hydrogen) atoms. The second-order valence-corrected chi connectivity index (χ2v) is 6.47. The maximum atomic E-state index is 3.49. The molecule has 0 aromatic heterocycles. The van der Waals surface area contributed by atoms with Gasteiger partial charge in [0, 0.05) is 18.5 Å². The van der Waals surface area contributed by atoms with Gasteiger partial charge in [0.05, 0.1) is 0 Å². The van der Waals surface area contributed by atoms with E-state index in [1.54, 1.807) is 22.3 Å². The molecule has 2 nitrogen and oxygen atoms in total. The van der Waals surface area contributed by atoms with Gasteiger partial charge < -0.3 is 10.6 Å². The molecular weight excluding hydrogens is 232 g/mol. The standard InChI is InChI=1S/C17H28N2/c1-18-11-17(12-19-2)15-9-5-3-7-13(15)14-8-4-6-10-16(14)17/h18-19H,3-12H2,1-2H3. The molecule has 3 aliphatic rings. The highest BCUT2D eigenvalue weighted by molar-refractivity contribution is 5.56. The van der Waals surface area contributed by atoms with Crippen molar-refractivity contribution in [2.24, 2.45) is 5.41 Å². The first-order chi connectivity index (χ1) is 9.33. The van der Waals surface area contributed by atoms with Gasteiger partial charge in [0.25, 0.3) is 0 Å². The van der Waals surface area contributed by atoms with E-state index in [0.29, 0.717) is 5.41 Å². The van der Waals surface area contributed by atoms with Crippen LogP contribution in [-0.4, -0.2) is 27.2 Å². The van der Waals surface area contributed by atoms with Crippen molar-refractivity contribution in [3.05, 3.63) is 22.3 Å². The summed E-state index contributed by atoms with van der Waals surface area (Å²) in [4.78, 5) is 0. The summed E-state index contributed by atoms with van der Waals surface area (Å²) >= 11 is 0. The van der Waals surface area contributed by atoms with Crippen LogP contribution in [0.4, 0.5) is 0 Å². The first-order valence-corrected chi connectivity index (χ1v) is 8.08. The average Bonchev–Trinajstić information content (AvgIpc) is 2.72. The maximum Gasteiger partial charge on any atom is 0.0381 e. The Kier molecular flexibility index (Phi) is 3.81. The molecule has 0 spiro atoms. The molecule has 0 unspecified atom stereocenters. The van der Waals surface area contributed by atoms with Gasteiger partial charge in [-0.25, -0.2) is 0 Å². The summed E-state index contributed by atoms with van der Waals surface area (Å²) in [6.07, 6.45) is 11.0. The normalized spacial score (nSPS) is 25.6. The highest BCUT2D eigenvalue weighted by atomic mass is 14.9. The van der Waals surface area contributed by atoms with E-state index in [1.165, 1.54) is 51.4 Å². The Hall–Kier alpha value is -0.600. The molecule has 0 heterocycles. The summed E-state index contributed by atoms with van der Waals surface area (Å²) in [5, 5.41) is 6.99. The topological polar surface area (TPSA) is 24.1 Å². The van der Waals surface area contributed by atoms with Crippen LogP contribution in [0.15, 0.2) is 22.3 Å². The SMILES string of the molecule is CNCC1(CNC)C2=C(CCCC2)C2=C1CCCC2. The zero-order valence-electron chi connectivity index (χ0n) is 12.6. The van der Waals surface area contributed by atoms with Gasteiger partial charge in [-0.1, -0.05) is 11.1 Å². The van der Waals surface area contributed by atoms with Crippen molar-refractivity contribution in [3.63, 3.8) is 0 Å². The lowest BCUT2D eigenvalue weighted by Crippen LogP contribution is -2.43. The largest absolute Gasteiger partial charge is 0.319 e. The van der Waals surface area contributed by atoms with Gasteiger partial charge in [-0.05, 0) is 76.6 Å². The summed E-state index contributed by atoms with van der Waals surface area (Å²) in [6, 6.07) is 0. The number of hydrogen-bond donors (Lipinski definition) is 2. The van der Waals surface area contributed by atoms with Crippen LogP contribution in [0, 0.1) is 5.41 Å². The van der Waals surface area contributed by atoms with E-state index in [-0.39, 0.29) is 0 Å². The molecule has 106 valence electrons. The molecule has 0 radical (unpaired) electrons. The summed E-state index contributed by atoms with van der Waals surface area (Å²) in [5.41, 5.74) is 7.48. The molecule has 3 rings (SSSR count). The van der Waals surface area contributed by atoms with Crippen LogP contribution in [0.3, 0.4) is 0 Å². The third-order valence-electron chi connectivity index (χ3n) is 5.41. The third kappa shape index (κ3) is 2.00. The van der Waals surface area contributed by atoms with E-state index in [4.69, 9.17) is 0 Å². The van der Waals surface area contributed by atoms with Crippen molar-refractivity contribution in [2.45, 2.75) is 51.4 Å². The number of nitrogens with one attached hydrogen (secondary N) is 2. The Morgan fingerprint density at radius 1 is 0.737 bits per heavy atom. The molecule has 0 saturated heterocycles. The van der Waals surface area contributed by atoms with E-state index in [9.17, 15) is 0 Å². The zero-order chi connectivity index (χ0) is 13.3. The molecule has 0 fully saturated rings. The fraction of sp³-hybridized carbons (Fsp3) is 0.765.